The van der Waals surface area contributed by atoms with Crippen molar-refractivity contribution in [3.05, 3.63) is 84.2 Å². The normalized spacial score (nSPS) is 17.1. The van der Waals surface area contributed by atoms with Gasteiger partial charge in [-0.15, -0.1) is 0 Å². The fraction of sp³-hybridized carbons (Fsp3) is 0.406. The maximum Gasteiger partial charge on any atom is 0.404 e. The molecular formula is C32H40N6O5S2. The number of benzene rings is 2. The number of sulfonamides is 1. The van der Waals surface area contributed by atoms with Gasteiger partial charge in [-0.25, -0.2) is 18.2 Å². The van der Waals surface area contributed by atoms with E-state index in [9.17, 15) is 23.4 Å². The Balaban J connectivity index is 1.29. The number of hydrogen-bond donors (Lipinski definition) is 4. The highest BCUT2D eigenvalue weighted by atomic mass is 32.2. The number of hydrogen-bond acceptors (Lipinski definition) is 9. The van der Waals surface area contributed by atoms with Gasteiger partial charge in [-0.3, -0.25) is 9.88 Å². The molecule has 1 amide bonds. The van der Waals surface area contributed by atoms with E-state index in [-0.39, 0.29) is 36.4 Å². The Labute approximate surface area is 268 Å². The Bertz CT molecular complexity index is 1670. The third-order valence-electron chi connectivity index (χ3n) is 7.76. The summed E-state index contributed by atoms with van der Waals surface area (Å²) in [6.07, 6.45) is 2.29. The van der Waals surface area contributed by atoms with E-state index in [4.69, 9.17) is 4.98 Å². The Morgan fingerprint density at radius 3 is 2.60 bits per heavy atom. The van der Waals surface area contributed by atoms with Crippen molar-refractivity contribution in [2.75, 3.05) is 31.5 Å². The first-order valence-corrected chi connectivity index (χ1v) is 17.3. The highest BCUT2D eigenvalue weighted by Gasteiger charge is 2.32. The molecule has 1 saturated heterocycles. The fourth-order valence-corrected chi connectivity index (χ4v) is 8.32. The summed E-state index contributed by atoms with van der Waals surface area (Å²) in [5.41, 5.74) is 2.71. The van der Waals surface area contributed by atoms with Crippen LogP contribution in [0.25, 0.3) is 10.2 Å². The van der Waals surface area contributed by atoms with Gasteiger partial charge in [0.15, 0.2) is 5.13 Å². The van der Waals surface area contributed by atoms with Crippen LogP contribution in [0.5, 0.6) is 0 Å². The van der Waals surface area contributed by atoms with Gasteiger partial charge in [0.2, 0.25) is 10.0 Å². The van der Waals surface area contributed by atoms with E-state index in [2.05, 4.69) is 26.6 Å². The molecule has 5 rings (SSSR count). The van der Waals surface area contributed by atoms with E-state index < -0.39 is 28.3 Å². The van der Waals surface area contributed by atoms with Crippen molar-refractivity contribution in [1.82, 2.24) is 24.5 Å². The quantitative estimate of drug-likeness (QED) is 0.157. The zero-order chi connectivity index (χ0) is 32.0. The number of carbonyl (C=O) groups is 1. The molecule has 3 unspecified atom stereocenters. The molecule has 3 heterocycles. The average Bonchev–Trinajstić information content (AvgIpc) is 3.62. The van der Waals surface area contributed by atoms with Gasteiger partial charge in [0.05, 0.1) is 27.3 Å². The van der Waals surface area contributed by atoms with Crippen molar-refractivity contribution >= 4 is 42.8 Å². The summed E-state index contributed by atoms with van der Waals surface area (Å²) in [6, 6.07) is 17.4. The second-order valence-corrected chi connectivity index (χ2v) is 14.9. The number of nitrogens with zero attached hydrogens (tertiary/aromatic N) is 4. The first-order chi connectivity index (χ1) is 21.6. The van der Waals surface area contributed by atoms with Crippen LogP contribution in [0.15, 0.2) is 78.0 Å². The van der Waals surface area contributed by atoms with Crippen LogP contribution in [0.2, 0.25) is 0 Å². The molecule has 1 fully saturated rings. The van der Waals surface area contributed by atoms with Gasteiger partial charge in [-0.05, 0) is 54.2 Å². The topological polar surface area (TPSA) is 148 Å². The van der Waals surface area contributed by atoms with Crippen LogP contribution in [-0.2, 0) is 23.0 Å². The van der Waals surface area contributed by atoms with Gasteiger partial charge in [0, 0.05) is 51.2 Å². The molecular weight excluding hydrogens is 613 g/mol. The minimum Gasteiger partial charge on any atom is -0.465 e. The predicted molar refractivity (Wildman–Crippen MR) is 176 cm³/mol. The highest BCUT2D eigenvalue weighted by Crippen LogP contribution is 2.31. The zero-order valence-electron chi connectivity index (χ0n) is 25.4. The van der Waals surface area contributed by atoms with E-state index in [1.807, 2.05) is 56.4 Å². The van der Waals surface area contributed by atoms with Crippen LogP contribution in [0.1, 0.15) is 31.4 Å². The molecule has 0 radical (unpaired) electrons. The summed E-state index contributed by atoms with van der Waals surface area (Å²) in [5.74, 6) is -0.0287. The molecule has 4 N–H and O–H groups in total. The van der Waals surface area contributed by atoms with Crippen LogP contribution in [0.3, 0.4) is 0 Å². The number of anilines is 1. The van der Waals surface area contributed by atoms with Crippen molar-refractivity contribution in [3.63, 3.8) is 0 Å². The Kier molecular flexibility index (Phi) is 10.7. The second-order valence-electron chi connectivity index (χ2n) is 11.9. The summed E-state index contributed by atoms with van der Waals surface area (Å²) >= 11 is 1.41. The summed E-state index contributed by atoms with van der Waals surface area (Å²) in [4.78, 5) is 22.9. The van der Waals surface area contributed by atoms with Crippen molar-refractivity contribution in [1.29, 1.82) is 0 Å². The lowest BCUT2D eigenvalue weighted by molar-refractivity contribution is 0.0980. The largest absolute Gasteiger partial charge is 0.465 e. The average molecular weight is 653 g/mol. The molecule has 11 nitrogen and oxygen atoms in total. The minimum absolute atomic E-state index is 0.0287. The highest BCUT2D eigenvalue weighted by molar-refractivity contribution is 7.89. The van der Waals surface area contributed by atoms with Crippen molar-refractivity contribution in [2.45, 2.75) is 56.3 Å². The zero-order valence-corrected chi connectivity index (χ0v) is 27.0. The molecule has 0 saturated carbocycles. The molecule has 2 aromatic heterocycles. The predicted octanol–water partition coefficient (Wildman–Crippen LogP) is 4.26. The third-order valence-corrected chi connectivity index (χ3v) is 10.5. The summed E-state index contributed by atoms with van der Waals surface area (Å²) in [6.45, 7) is 6.38. The number of aromatic nitrogens is 2. The molecule has 0 spiro atoms. The number of pyridine rings is 1. The summed E-state index contributed by atoms with van der Waals surface area (Å²) in [7, 11) is -4.02. The number of fused-ring (bicyclic) bond motifs is 1. The van der Waals surface area contributed by atoms with Crippen molar-refractivity contribution in [3.8, 4) is 0 Å². The van der Waals surface area contributed by atoms with Gasteiger partial charge in [-0.2, -0.15) is 4.31 Å². The van der Waals surface area contributed by atoms with E-state index in [0.29, 0.717) is 5.52 Å². The van der Waals surface area contributed by atoms with Gasteiger partial charge in [0.1, 0.15) is 0 Å². The first kappa shape index (κ1) is 32.8. The first-order valence-electron chi connectivity index (χ1n) is 15.1. The number of nitrogens with one attached hydrogen (secondary N) is 2. The minimum atomic E-state index is -4.02. The SMILES string of the molecule is CC(C)CN(CC(O)C(Cc1ccccc1)NC(=O)O)S(=O)(=O)c1ccc2nc(NC3CCN(Cc4cccnc4)C3)sc2c1. The molecule has 2 aromatic carbocycles. The van der Waals surface area contributed by atoms with Gasteiger partial charge in [0.25, 0.3) is 0 Å². The summed E-state index contributed by atoms with van der Waals surface area (Å²) in [5, 5.41) is 27.2. The van der Waals surface area contributed by atoms with Gasteiger partial charge in [-0.1, -0.05) is 61.6 Å². The third kappa shape index (κ3) is 8.76. The molecule has 45 heavy (non-hydrogen) atoms. The lowest BCUT2D eigenvalue weighted by atomic mass is 10.0. The lowest BCUT2D eigenvalue weighted by Crippen LogP contribution is -2.50. The van der Waals surface area contributed by atoms with Crippen LogP contribution in [0.4, 0.5) is 9.93 Å². The molecule has 1 aliphatic rings. The number of likely N-dealkylation sites (tertiary alicyclic amines) is 1. The molecule has 0 bridgehead atoms. The molecule has 240 valence electrons. The molecule has 4 aromatic rings. The Morgan fingerprint density at radius 2 is 1.89 bits per heavy atom. The number of amides is 1. The smallest absolute Gasteiger partial charge is 0.404 e. The van der Waals surface area contributed by atoms with Crippen LogP contribution >= 0.6 is 11.3 Å². The van der Waals surface area contributed by atoms with E-state index >= 15 is 0 Å². The van der Waals surface area contributed by atoms with E-state index in [1.165, 1.54) is 21.2 Å². The van der Waals surface area contributed by atoms with Crippen LogP contribution in [0, 0.1) is 5.92 Å². The summed E-state index contributed by atoms with van der Waals surface area (Å²) < 4.78 is 29.9. The Hall–Kier alpha value is -3.62. The van der Waals surface area contributed by atoms with E-state index in [0.717, 1.165) is 41.5 Å². The molecule has 0 aliphatic carbocycles. The van der Waals surface area contributed by atoms with Crippen molar-refractivity contribution < 1.29 is 23.4 Å². The number of aliphatic hydroxyl groups is 1. The van der Waals surface area contributed by atoms with Crippen molar-refractivity contribution in [2.24, 2.45) is 5.92 Å². The molecule has 3 atom stereocenters. The number of carboxylic acid groups (broad SMARTS) is 1. The molecule has 13 heteroatoms. The maximum absolute atomic E-state index is 14.0. The van der Waals surface area contributed by atoms with Gasteiger partial charge >= 0.3 is 6.09 Å². The number of aliphatic hydroxyl groups excluding tert-OH is 1. The van der Waals surface area contributed by atoms with Gasteiger partial charge < -0.3 is 20.8 Å². The second kappa shape index (κ2) is 14.6. The number of rotatable bonds is 14. The number of thiazole rings is 1. The Morgan fingerprint density at radius 1 is 1.11 bits per heavy atom. The maximum atomic E-state index is 14.0. The van der Waals surface area contributed by atoms with Crippen LogP contribution < -0.4 is 10.6 Å². The van der Waals surface area contributed by atoms with Crippen LogP contribution in [-0.4, -0.2) is 88.3 Å². The molecule has 1 aliphatic heterocycles. The standard InChI is InChI=1S/C32H40N6O5S2/c1-22(2)18-38(21-29(39)28(36-32(40)41)15-23-7-4-3-5-8-23)45(42,43)26-10-11-27-30(16-26)44-31(35-27)34-25-12-14-37(20-25)19-24-9-6-13-33-17-24/h3-11,13,16-17,22,25,28-29,36,39H,12,14-15,18-21H2,1-2H3,(H,34,35)(H,40,41). The fourth-order valence-electron chi connectivity index (χ4n) is 5.62. The monoisotopic (exact) mass is 652 g/mol. The lowest BCUT2D eigenvalue weighted by Gasteiger charge is -2.30. The van der Waals surface area contributed by atoms with E-state index in [1.54, 1.807) is 24.4 Å².